The number of ether oxygens (including phenoxy) is 4. The molecule has 1 aliphatic carbocycles. The Balaban J connectivity index is 1.56. The number of aliphatic hydroxyl groups excluding tert-OH is 3. The van der Waals surface area contributed by atoms with Gasteiger partial charge in [0.2, 0.25) is 11.7 Å². The first kappa shape index (κ1) is 49.5. The number of phenols is 1. The first-order valence-corrected chi connectivity index (χ1v) is 22.4. The lowest BCUT2D eigenvalue weighted by molar-refractivity contribution is -0.890. The van der Waals surface area contributed by atoms with Crippen molar-refractivity contribution >= 4 is 29.3 Å². The third-order valence-corrected chi connectivity index (χ3v) is 13.9. The topological polar surface area (TPSA) is 237 Å². The number of hydroxylamine groups is 3. The lowest BCUT2D eigenvalue weighted by Crippen LogP contribution is -2.59. The van der Waals surface area contributed by atoms with Crippen molar-refractivity contribution in [3.8, 4) is 11.5 Å². The Morgan fingerprint density at radius 2 is 1.66 bits per heavy atom. The summed E-state index contributed by atoms with van der Waals surface area (Å²) in [6, 6.07) is 0. The molecule has 2 amide bonds. The summed E-state index contributed by atoms with van der Waals surface area (Å²) in [7, 11) is 1.45. The zero-order chi connectivity index (χ0) is 48.2. The second-order valence-electron chi connectivity index (χ2n) is 19.2. The van der Waals surface area contributed by atoms with Gasteiger partial charge in [0.1, 0.15) is 23.3 Å². The summed E-state index contributed by atoms with van der Waals surface area (Å²) >= 11 is 0. The molecule has 1 unspecified atom stereocenters. The summed E-state index contributed by atoms with van der Waals surface area (Å²) in [4.78, 5) is 62.1. The Bertz CT molecular complexity index is 2250. The monoisotopic (exact) mass is 906 g/mol. The summed E-state index contributed by atoms with van der Waals surface area (Å²) in [5.41, 5.74) is -1.68. The van der Waals surface area contributed by atoms with Crippen molar-refractivity contribution in [2.45, 2.75) is 131 Å². The number of piperidine rings is 1. The molecule has 0 aromatic heterocycles. The van der Waals surface area contributed by atoms with E-state index >= 15 is 4.79 Å². The maximum Gasteiger partial charge on any atom is 0.302 e. The van der Waals surface area contributed by atoms with Crippen LogP contribution in [-0.2, 0) is 28.6 Å². The smallest absolute Gasteiger partial charge is 0.302 e. The SMILES string of the molecule is CO[C@H]1/C=C\O[C@@]2(C)Oc3c(C)c(O)c4c(c3C2O)C2=NC3(CC[N+]([O-])(CC(C)C)CC3)N(C(C)=O)C2=C(NC(=O)/C(C)=C/C=C\[C@H](C)[C@H](O)[C@@H](C)[C@@H](O)[C@@H](C)[C@@H](OC(C)=O)[C@H]1C)C4=O. The van der Waals surface area contributed by atoms with E-state index in [1.807, 2.05) is 13.8 Å². The van der Waals surface area contributed by atoms with Crippen molar-refractivity contribution in [1.82, 2.24) is 10.2 Å². The number of amides is 2. The van der Waals surface area contributed by atoms with Crippen LogP contribution >= 0.6 is 0 Å². The van der Waals surface area contributed by atoms with Crippen molar-refractivity contribution in [3.05, 3.63) is 75.0 Å². The number of phenolic OH excluding ortho intramolecular Hbond substituents is 1. The van der Waals surface area contributed by atoms with Crippen molar-refractivity contribution in [1.29, 1.82) is 0 Å². The molecule has 356 valence electrons. The van der Waals surface area contributed by atoms with Crippen molar-refractivity contribution in [2.75, 3.05) is 26.7 Å². The van der Waals surface area contributed by atoms with Gasteiger partial charge < -0.3 is 54.5 Å². The van der Waals surface area contributed by atoms with Gasteiger partial charge in [0.25, 0.3) is 11.7 Å². The molecule has 5 aliphatic rings. The zero-order valence-electron chi connectivity index (χ0n) is 39.5. The minimum Gasteiger partial charge on any atom is -0.633 e. The Morgan fingerprint density at radius 1 is 1.02 bits per heavy atom. The highest BCUT2D eigenvalue weighted by molar-refractivity contribution is 6.32. The van der Waals surface area contributed by atoms with E-state index < -0.39 is 99.6 Å². The van der Waals surface area contributed by atoms with Crippen molar-refractivity contribution in [3.63, 3.8) is 0 Å². The molecule has 0 radical (unpaired) electrons. The molecule has 5 N–H and O–H groups in total. The molecule has 0 saturated carbocycles. The van der Waals surface area contributed by atoms with Gasteiger partial charge in [-0.25, -0.2) is 0 Å². The molecule has 1 saturated heterocycles. The number of aliphatic imine (C=N–C) groups is 1. The number of rotatable bonds is 4. The predicted octanol–water partition coefficient (Wildman–Crippen LogP) is 4.74. The third kappa shape index (κ3) is 8.90. The quantitative estimate of drug-likeness (QED) is 0.156. The molecule has 4 aliphatic heterocycles. The Kier molecular flexibility index (Phi) is 14.0. The highest BCUT2D eigenvalue weighted by Gasteiger charge is 2.58. The van der Waals surface area contributed by atoms with Crippen LogP contribution in [0.15, 0.2) is 52.5 Å². The number of methoxy groups -OCH3 is 1. The van der Waals surface area contributed by atoms with Gasteiger partial charge in [0, 0.05) is 92.6 Å². The molecule has 1 aromatic rings. The Labute approximate surface area is 380 Å². The molecule has 6 rings (SSSR count). The number of benzene rings is 1. The molecule has 10 atom stereocenters. The minimum atomic E-state index is -1.89. The third-order valence-electron chi connectivity index (χ3n) is 13.9. The van der Waals surface area contributed by atoms with Crippen LogP contribution in [0, 0.1) is 41.7 Å². The number of quaternary nitrogens is 1. The fourth-order valence-electron chi connectivity index (χ4n) is 10.3. The number of aromatic hydroxyl groups is 1. The number of hydrogen-bond acceptors (Lipinski definition) is 14. The first-order valence-electron chi connectivity index (χ1n) is 22.4. The second-order valence-corrected chi connectivity index (χ2v) is 19.2. The van der Waals surface area contributed by atoms with Gasteiger partial charge >= 0.3 is 5.97 Å². The number of fused-ring (bicyclic) bond motifs is 3. The number of esters is 1. The highest BCUT2D eigenvalue weighted by atomic mass is 16.7. The molecular weight excluding hydrogens is 841 g/mol. The number of carbonyl (C=O) groups is 4. The van der Waals surface area contributed by atoms with Crippen LogP contribution in [-0.4, -0.2) is 122 Å². The summed E-state index contributed by atoms with van der Waals surface area (Å²) < 4.78 is 23.7. The van der Waals surface area contributed by atoms with Crippen molar-refractivity contribution in [2.24, 2.45) is 34.6 Å². The molecule has 1 fully saturated rings. The maximum atomic E-state index is 15.0. The molecule has 4 heterocycles. The molecule has 17 heteroatoms. The predicted molar refractivity (Wildman–Crippen MR) is 239 cm³/mol. The van der Waals surface area contributed by atoms with Crippen LogP contribution in [0.4, 0.5) is 0 Å². The summed E-state index contributed by atoms with van der Waals surface area (Å²) in [6.45, 7) is 18.5. The van der Waals surface area contributed by atoms with E-state index in [0.717, 1.165) is 0 Å². The minimum absolute atomic E-state index is 0.00440. The number of aliphatic hydroxyl groups is 3. The molecule has 1 spiro atoms. The summed E-state index contributed by atoms with van der Waals surface area (Å²) in [5.74, 6) is -7.50. The molecule has 1 aromatic carbocycles. The summed E-state index contributed by atoms with van der Waals surface area (Å²) in [6.07, 6.45) is 2.19. The average molecular weight is 907 g/mol. The van der Waals surface area contributed by atoms with Gasteiger partial charge in [-0.3, -0.25) is 29.1 Å². The van der Waals surface area contributed by atoms with Crippen LogP contribution in [0.1, 0.15) is 115 Å². The van der Waals surface area contributed by atoms with Gasteiger partial charge in [-0.1, -0.05) is 59.8 Å². The number of hydrogen-bond donors (Lipinski definition) is 5. The lowest BCUT2D eigenvalue weighted by Gasteiger charge is -2.52. The normalized spacial score (nSPS) is 37.2. The Hall–Kier alpha value is -4.91. The largest absolute Gasteiger partial charge is 0.633 e. The van der Waals surface area contributed by atoms with E-state index in [2.05, 4.69) is 5.32 Å². The lowest BCUT2D eigenvalue weighted by atomic mass is 9.78. The Morgan fingerprint density at radius 3 is 2.25 bits per heavy atom. The van der Waals surface area contributed by atoms with E-state index in [0.29, 0.717) is 6.54 Å². The van der Waals surface area contributed by atoms with Crippen LogP contribution in [0.25, 0.3) is 0 Å². The number of ketones is 1. The molecule has 65 heavy (non-hydrogen) atoms. The van der Waals surface area contributed by atoms with E-state index in [1.165, 1.54) is 65.0 Å². The van der Waals surface area contributed by atoms with Crippen LogP contribution in [0.5, 0.6) is 11.5 Å². The second kappa shape index (κ2) is 18.4. The van der Waals surface area contributed by atoms with Gasteiger partial charge in [-0.05, 0) is 19.9 Å². The first-order chi connectivity index (χ1) is 30.3. The van der Waals surface area contributed by atoms with Crippen molar-refractivity contribution < 1.29 is 63.2 Å². The zero-order valence-corrected chi connectivity index (χ0v) is 39.5. The van der Waals surface area contributed by atoms with E-state index in [-0.39, 0.29) is 82.5 Å². The number of nitrogens with zero attached hydrogens (tertiary/aromatic N) is 3. The molecular formula is C48H66N4O13. The van der Waals surface area contributed by atoms with Gasteiger partial charge in [-0.2, -0.15) is 0 Å². The average Bonchev–Trinajstić information content (AvgIpc) is 3.71. The molecule has 5 bridgehead atoms. The maximum absolute atomic E-state index is 15.0. The summed E-state index contributed by atoms with van der Waals surface area (Å²) in [5, 5.41) is 64.0. The van der Waals surface area contributed by atoms with Crippen LogP contribution < -0.4 is 10.1 Å². The molecule has 17 nitrogen and oxygen atoms in total. The van der Waals surface area contributed by atoms with Crippen LogP contribution in [0.3, 0.4) is 0 Å². The van der Waals surface area contributed by atoms with E-state index in [9.17, 15) is 40.0 Å². The number of allylic oxidation sites excluding steroid dienone is 4. The van der Waals surface area contributed by atoms with Gasteiger partial charge in [0.05, 0.1) is 61.2 Å². The number of Topliss-reactive ketones (excluding diaryl/α,β-unsaturated/α-hetero) is 1. The van der Waals surface area contributed by atoms with Crippen LogP contribution in [0.2, 0.25) is 0 Å². The van der Waals surface area contributed by atoms with E-state index in [4.69, 9.17) is 23.9 Å². The van der Waals surface area contributed by atoms with Gasteiger partial charge in [0.15, 0.2) is 11.8 Å². The fraction of sp³-hybridized carbons (Fsp3) is 0.604. The fourth-order valence-corrected chi connectivity index (χ4v) is 10.3. The highest BCUT2D eigenvalue weighted by Crippen LogP contribution is 2.55. The van der Waals surface area contributed by atoms with Gasteiger partial charge in [-0.15, -0.1) is 0 Å². The van der Waals surface area contributed by atoms with E-state index in [1.54, 1.807) is 39.8 Å². The number of likely N-dealkylation sites (tertiary alicyclic amines) is 1. The number of nitrogens with one attached hydrogen (secondary N) is 1. The standard InChI is InChI=1S/C48H66N4O13/c1-23(2)22-52(61)19-17-48(18-20-52)50-36-33-34-41(57)29(8)44-35(33)45(59)47(11,65-44)63-21-16-32(62-12)26(5)43(64-31(10)54)28(7)40(56)27(6)39(55)24(3)14-13-15-25(4)46(60)49-37(42(34)58)38(36)51(48)30(9)53/h13-16,21,23-24,26-28,32,39-40,43,45,55-57,59H,17-20,22H2,1-12H3,(H,49,60)/b14-13-,21-16-,25-15+/t24-,26-,27+,28+,32-,39-,40+,43-,45?,47-,48?,52?/m0/s1. The number of carbonyl (C=O) groups excluding carboxylic acids is 4.